The van der Waals surface area contributed by atoms with Crippen LogP contribution < -0.4 is 10.2 Å². The quantitative estimate of drug-likeness (QED) is 0.931. The molecule has 3 rings (SSSR count). The Morgan fingerprint density at radius 3 is 2.76 bits per heavy atom. The molecule has 1 heterocycles. The van der Waals surface area contributed by atoms with Crippen molar-refractivity contribution in [1.29, 1.82) is 5.26 Å². The molecule has 1 saturated heterocycles. The molecular formula is C18H15FN4O2. The first kappa shape index (κ1) is 16.5. The molecule has 6 nitrogen and oxygen atoms in total. The predicted octanol–water partition coefficient (Wildman–Crippen LogP) is 2.58. The SMILES string of the molecule is N#Cc1cccc(NC(=O)CN2CCN(c3ccccc3F)C2=O)c1. The van der Waals surface area contributed by atoms with Crippen molar-refractivity contribution in [3.8, 4) is 6.07 Å². The average Bonchev–Trinajstić information content (AvgIpc) is 2.96. The number of amides is 3. The van der Waals surface area contributed by atoms with Gasteiger partial charge in [0.2, 0.25) is 5.91 Å². The molecule has 126 valence electrons. The topological polar surface area (TPSA) is 76.4 Å². The van der Waals surface area contributed by atoms with Crippen molar-refractivity contribution in [3.63, 3.8) is 0 Å². The Labute approximate surface area is 144 Å². The van der Waals surface area contributed by atoms with Gasteiger partial charge >= 0.3 is 6.03 Å². The van der Waals surface area contributed by atoms with E-state index in [0.717, 1.165) is 0 Å². The van der Waals surface area contributed by atoms with Crippen molar-refractivity contribution in [2.45, 2.75) is 0 Å². The molecule has 2 aromatic rings. The van der Waals surface area contributed by atoms with Crippen molar-refractivity contribution in [1.82, 2.24) is 4.90 Å². The normalized spacial score (nSPS) is 13.7. The minimum atomic E-state index is -0.476. The van der Waals surface area contributed by atoms with Crippen LogP contribution in [0.5, 0.6) is 0 Å². The summed E-state index contributed by atoms with van der Waals surface area (Å²) in [4.78, 5) is 27.2. The highest BCUT2D eigenvalue weighted by Gasteiger charge is 2.32. The average molecular weight is 338 g/mol. The summed E-state index contributed by atoms with van der Waals surface area (Å²) in [6.45, 7) is 0.510. The Morgan fingerprint density at radius 1 is 1.20 bits per heavy atom. The highest BCUT2D eigenvalue weighted by molar-refractivity contribution is 5.99. The molecule has 2 aromatic carbocycles. The van der Waals surface area contributed by atoms with Crippen LogP contribution in [0.15, 0.2) is 48.5 Å². The van der Waals surface area contributed by atoms with E-state index in [0.29, 0.717) is 24.3 Å². The Balaban J connectivity index is 1.64. The van der Waals surface area contributed by atoms with Crippen molar-refractivity contribution in [2.75, 3.05) is 29.9 Å². The molecule has 0 atom stereocenters. The van der Waals surface area contributed by atoms with Crippen LogP contribution >= 0.6 is 0 Å². The van der Waals surface area contributed by atoms with Gasteiger partial charge < -0.3 is 10.2 Å². The van der Waals surface area contributed by atoms with Gasteiger partial charge in [-0.25, -0.2) is 9.18 Å². The molecule has 0 radical (unpaired) electrons. The summed E-state index contributed by atoms with van der Waals surface area (Å²) in [7, 11) is 0. The summed E-state index contributed by atoms with van der Waals surface area (Å²) in [5.74, 6) is -0.853. The standard InChI is InChI=1S/C18H15FN4O2/c19-15-6-1-2-7-16(15)23-9-8-22(18(23)25)12-17(24)21-14-5-3-4-13(10-14)11-20/h1-7,10H,8-9,12H2,(H,21,24). The first-order chi connectivity index (χ1) is 12.1. The minimum absolute atomic E-state index is 0.138. The van der Waals surface area contributed by atoms with Gasteiger partial charge in [-0.15, -0.1) is 0 Å². The molecule has 0 unspecified atom stereocenters. The number of para-hydroxylation sites is 1. The number of nitrogens with one attached hydrogen (secondary N) is 1. The monoisotopic (exact) mass is 338 g/mol. The zero-order valence-electron chi connectivity index (χ0n) is 13.3. The molecule has 0 saturated carbocycles. The van der Waals surface area contributed by atoms with Gasteiger partial charge in [0.15, 0.2) is 0 Å². The zero-order chi connectivity index (χ0) is 17.8. The maximum absolute atomic E-state index is 13.8. The van der Waals surface area contributed by atoms with Gasteiger partial charge in [-0.05, 0) is 30.3 Å². The number of benzene rings is 2. The lowest BCUT2D eigenvalue weighted by atomic mass is 10.2. The number of halogens is 1. The fourth-order valence-electron chi connectivity index (χ4n) is 2.66. The number of nitriles is 1. The zero-order valence-corrected chi connectivity index (χ0v) is 13.3. The Kier molecular flexibility index (Phi) is 4.61. The van der Waals surface area contributed by atoms with E-state index in [1.807, 2.05) is 6.07 Å². The van der Waals surface area contributed by atoms with Crippen molar-refractivity contribution < 1.29 is 14.0 Å². The molecule has 0 spiro atoms. The van der Waals surface area contributed by atoms with E-state index >= 15 is 0 Å². The Bertz CT molecular complexity index is 862. The van der Waals surface area contributed by atoms with Crippen LogP contribution in [0, 0.1) is 17.1 Å². The third kappa shape index (κ3) is 3.58. The lowest BCUT2D eigenvalue weighted by molar-refractivity contribution is -0.116. The molecule has 1 fully saturated rings. The third-order valence-electron chi connectivity index (χ3n) is 3.85. The van der Waals surface area contributed by atoms with E-state index in [2.05, 4.69) is 5.32 Å². The molecule has 1 aliphatic heterocycles. The van der Waals surface area contributed by atoms with Gasteiger partial charge in [-0.1, -0.05) is 18.2 Å². The molecule has 0 bridgehead atoms. The van der Waals surface area contributed by atoms with Gasteiger partial charge in [-0.2, -0.15) is 5.26 Å². The van der Waals surface area contributed by atoms with Crippen molar-refractivity contribution in [3.05, 3.63) is 59.9 Å². The van der Waals surface area contributed by atoms with Crippen molar-refractivity contribution >= 4 is 23.3 Å². The number of carbonyl (C=O) groups excluding carboxylic acids is 2. The second kappa shape index (κ2) is 7.01. The van der Waals surface area contributed by atoms with Gasteiger partial charge in [0.25, 0.3) is 0 Å². The van der Waals surface area contributed by atoms with Crippen LogP contribution in [0.25, 0.3) is 0 Å². The Hall–Kier alpha value is -3.40. The molecular weight excluding hydrogens is 323 g/mol. The molecule has 1 aliphatic rings. The van der Waals surface area contributed by atoms with E-state index in [4.69, 9.17) is 5.26 Å². The van der Waals surface area contributed by atoms with E-state index in [1.165, 1.54) is 21.9 Å². The number of urea groups is 1. The largest absolute Gasteiger partial charge is 0.325 e. The summed E-state index contributed by atoms with van der Waals surface area (Å²) >= 11 is 0. The third-order valence-corrected chi connectivity index (χ3v) is 3.85. The lowest BCUT2D eigenvalue weighted by Crippen LogP contribution is -2.37. The van der Waals surface area contributed by atoms with E-state index in [9.17, 15) is 14.0 Å². The molecule has 0 aromatic heterocycles. The van der Waals surface area contributed by atoms with Crippen LogP contribution in [-0.4, -0.2) is 36.5 Å². The summed E-state index contributed by atoms with van der Waals surface area (Å²) in [5.41, 5.74) is 1.12. The fourth-order valence-corrected chi connectivity index (χ4v) is 2.66. The number of anilines is 2. The molecule has 1 N–H and O–H groups in total. The maximum atomic E-state index is 13.8. The van der Waals surface area contributed by atoms with E-state index < -0.39 is 11.8 Å². The maximum Gasteiger partial charge on any atom is 0.325 e. The summed E-state index contributed by atoms with van der Waals surface area (Å²) in [5, 5.41) is 11.5. The van der Waals surface area contributed by atoms with Gasteiger partial charge in [0, 0.05) is 18.8 Å². The highest BCUT2D eigenvalue weighted by Crippen LogP contribution is 2.23. The van der Waals surface area contributed by atoms with Gasteiger partial charge in [-0.3, -0.25) is 9.69 Å². The molecule has 25 heavy (non-hydrogen) atoms. The number of carbonyl (C=O) groups is 2. The summed E-state index contributed by atoms with van der Waals surface area (Å²) in [6, 6.07) is 14.1. The second-order valence-electron chi connectivity index (χ2n) is 5.55. The Morgan fingerprint density at radius 2 is 2.00 bits per heavy atom. The van der Waals surface area contributed by atoms with Crippen LogP contribution in [0.2, 0.25) is 0 Å². The van der Waals surface area contributed by atoms with Crippen LogP contribution in [0.4, 0.5) is 20.6 Å². The van der Waals surface area contributed by atoms with E-state index in [-0.39, 0.29) is 18.1 Å². The first-order valence-corrected chi connectivity index (χ1v) is 7.69. The predicted molar refractivity (Wildman–Crippen MR) is 90.5 cm³/mol. The first-order valence-electron chi connectivity index (χ1n) is 7.69. The van der Waals surface area contributed by atoms with Crippen molar-refractivity contribution in [2.24, 2.45) is 0 Å². The van der Waals surface area contributed by atoms with Gasteiger partial charge in [0.1, 0.15) is 12.4 Å². The van der Waals surface area contributed by atoms with Gasteiger partial charge in [0.05, 0.1) is 17.3 Å². The number of rotatable bonds is 4. The lowest BCUT2D eigenvalue weighted by Gasteiger charge is -2.18. The highest BCUT2D eigenvalue weighted by atomic mass is 19.1. The number of hydrogen-bond donors (Lipinski definition) is 1. The van der Waals surface area contributed by atoms with Crippen LogP contribution in [-0.2, 0) is 4.79 Å². The fraction of sp³-hybridized carbons (Fsp3) is 0.167. The smallest absolute Gasteiger partial charge is 0.325 e. The molecule has 0 aliphatic carbocycles. The van der Waals surface area contributed by atoms with Crippen LogP contribution in [0.1, 0.15) is 5.56 Å². The summed E-state index contributed by atoms with van der Waals surface area (Å²) < 4.78 is 13.8. The van der Waals surface area contributed by atoms with Crippen LogP contribution in [0.3, 0.4) is 0 Å². The minimum Gasteiger partial charge on any atom is -0.325 e. The number of nitrogens with zero attached hydrogens (tertiary/aromatic N) is 3. The molecule has 7 heteroatoms. The van der Waals surface area contributed by atoms with E-state index in [1.54, 1.807) is 36.4 Å². The number of hydrogen-bond acceptors (Lipinski definition) is 3. The molecule has 3 amide bonds. The second-order valence-corrected chi connectivity index (χ2v) is 5.55. The summed E-state index contributed by atoms with van der Waals surface area (Å²) in [6.07, 6.45) is 0.